The molecule has 1 amide bonds. The molecule has 7 heteroatoms. The number of hydrogen-bond donors (Lipinski definition) is 2. The highest BCUT2D eigenvalue weighted by molar-refractivity contribution is 5.86. The summed E-state index contributed by atoms with van der Waals surface area (Å²) in [7, 11) is 0. The fourth-order valence-corrected chi connectivity index (χ4v) is 2.35. The molecule has 1 fully saturated rings. The number of carbonyl (C=O) groups excluding carboxylic acids is 1. The van der Waals surface area contributed by atoms with Gasteiger partial charge in [-0.05, 0) is 19.3 Å². The number of carbonyl (C=O) groups is 1. The second kappa shape index (κ2) is 6.64. The third-order valence-electron chi connectivity index (χ3n) is 3.71. The molecule has 114 valence electrons. The summed E-state index contributed by atoms with van der Waals surface area (Å²) in [6, 6.07) is 6.52. The van der Waals surface area contributed by atoms with Crippen LogP contribution in [0.25, 0.3) is 0 Å². The first-order chi connectivity index (χ1) is 10.0. The molecule has 3 N–H and O–H groups in total. The highest BCUT2D eigenvalue weighted by atomic mass is 16.6. The molecule has 1 aromatic rings. The van der Waals surface area contributed by atoms with Gasteiger partial charge in [0.2, 0.25) is 5.91 Å². The Morgan fingerprint density at radius 3 is 2.71 bits per heavy atom. The maximum absolute atomic E-state index is 12.1. The smallest absolute Gasteiger partial charge is 0.272 e. The van der Waals surface area contributed by atoms with Crippen LogP contribution in [0.2, 0.25) is 0 Å². The molecule has 0 saturated carbocycles. The quantitative estimate of drug-likeness (QED) is 0.615. The normalized spacial score (nSPS) is 17.2. The number of nitro benzene ring substituents is 1. The molecule has 0 spiro atoms. The number of ether oxygens (including phenoxy) is 1. The molecule has 21 heavy (non-hydrogen) atoms. The summed E-state index contributed by atoms with van der Waals surface area (Å²) in [6.07, 6.45) is 1.38. The highest BCUT2D eigenvalue weighted by Crippen LogP contribution is 2.19. The standard InChI is InChI=1S/C14H19N3O4/c15-14(6-9-21-10-7-14)13(18)16-8-5-11-3-1-2-4-12(11)17(19)20/h1-4H,5-10,15H2,(H,16,18). The minimum Gasteiger partial charge on any atom is -0.381 e. The van der Waals surface area contributed by atoms with Crippen molar-refractivity contribution < 1.29 is 14.5 Å². The van der Waals surface area contributed by atoms with Crippen LogP contribution in [0.3, 0.4) is 0 Å². The number of nitro groups is 1. The van der Waals surface area contributed by atoms with Crippen LogP contribution < -0.4 is 11.1 Å². The Morgan fingerprint density at radius 2 is 2.05 bits per heavy atom. The number of nitrogens with zero attached hydrogens (tertiary/aromatic N) is 1. The van der Waals surface area contributed by atoms with Crippen molar-refractivity contribution in [3.05, 3.63) is 39.9 Å². The first-order valence-electron chi connectivity index (χ1n) is 6.90. The third-order valence-corrected chi connectivity index (χ3v) is 3.71. The van der Waals surface area contributed by atoms with Crippen LogP contribution in [0.15, 0.2) is 24.3 Å². The molecule has 0 unspecified atom stereocenters. The first kappa shape index (κ1) is 15.4. The van der Waals surface area contributed by atoms with E-state index in [0.717, 1.165) is 0 Å². The van der Waals surface area contributed by atoms with Crippen LogP contribution in [0.1, 0.15) is 18.4 Å². The average molecular weight is 293 g/mol. The Balaban J connectivity index is 1.90. The van der Waals surface area contributed by atoms with Crippen LogP contribution in [0.5, 0.6) is 0 Å². The molecule has 1 aromatic carbocycles. The van der Waals surface area contributed by atoms with Gasteiger partial charge in [0.1, 0.15) is 0 Å². The maximum atomic E-state index is 12.1. The fraction of sp³-hybridized carbons (Fsp3) is 0.500. The zero-order valence-electron chi connectivity index (χ0n) is 11.7. The predicted molar refractivity (Wildman–Crippen MR) is 76.8 cm³/mol. The summed E-state index contributed by atoms with van der Waals surface area (Å²) in [6.45, 7) is 1.28. The summed E-state index contributed by atoms with van der Waals surface area (Å²) in [5, 5.41) is 13.7. The lowest BCUT2D eigenvalue weighted by atomic mass is 9.90. The predicted octanol–water partition coefficient (Wildman–Crippen LogP) is 0.761. The van der Waals surface area contributed by atoms with Crippen molar-refractivity contribution in [2.45, 2.75) is 24.8 Å². The Labute approximate surface area is 122 Å². The molecule has 0 aliphatic carbocycles. The van der Waals surface area contributed by atoms with Crippen molar-refractivity contribution in [1.29, 1.82) is 0 Å². The van der Waals surface area contributed by atoms with E-state index in [1.54, 1.807) is 18.2 Å². The van der Waals surface area contributed by atoms with Gasteiger partial charge in [0, 0.05) is 31.4 Å². The molecule has 0 bridgehead atoms. The van der Waals surface area contributed by atoms with Crippen molar-refractivity contribution >= 4 is 11.6 Å². The topological polar surface area (TPSA) is 107 Å². The molecule has 1 saturated heterocycles. The Bertz CT molecular complexity index is 527. The minimum absolute atomic E-state index is 0.0697. The van der Waals surface area contributed by atoms with Gasteiger partial charge in [0.15, 0.2) is 0 Å². The molecule has 7 nitrogen and oxygen atoms in total. The fourth-order valence-electron chi connectivity index (χ4n) is 2.35. The number of para-hydroxylation sites is 1. The van der Waals surface area contributed by atoms with Gasteiger partial charge in [-0.1, -0.05) is 18.2 Å². The zero-order valence-corrected chi connectivity index (χ0v) is 11.7. The van der Waals surface area contributed by atoms with Crippen LogP contribution in [-0.2, 0) is 16.0 Å². The van der Waals surface area contributed by atoms with E-state index in [9.17, 15) is 14.9 Å². The summed E-state index contributed by atoms with van der Waals surface area (Å²) in [4.78, 5) is 22.6. The second-order valence-corrected chi connectivity index (χ2v) is 5.16. The lowest BCUT2D eigenvalue weighted by molar-refractivity contribution is -0.385. The first-order valence-corrected chi connectivity index (χ1v) is 6.90. The Morgan fingerprint density at radius 1 is 1.38 bits per heavy atom. The molecule has 0 aromatic heterocycles. The van der Waals surface area contributed by atoms with E-state index in [1.807, 2.05) is 0 Å². The Kier molecular flexibility index (Phi) is 4.87. The largest absolute Gasteiger partial charge is 0.381 e. The summed E-state index contributed by atoms with van der Waals surface area (Å²) >= 11 is 0. The average Bonchev–Trinajstić information content (AvgIpc) is 2.48. The van der Waals surface area contributed by atoms with Gasteiger partial charge < -0.3 is 15.8 Å². The monoisotopic (exact) mass is 293 g/mol. The third kappa shape index (κ3) is 3.77. The summed E-state index contributed by atoms with van der Waals surface area (Å²) in [5.41, 5.74) is 5.84. The van der Waals surface area contributed by atoms with Gasteiger partial charge in [-0.3, -0.25) is 14.9 Å². The number of rotatable bonds is 5. The Hall–Kier alpha value is -1.99. The van der Waals surface area contributed by atoms with E-state index in [1.165, 1.54) is 6.07 Å². The number of benzene rings is 1. The van der Waals surface area contributed by atoms with Gasteiger partial charge in [-0.25, -0.2) is 0 Å². The van der Waals surface area contributed by atoms with E-state index in [-0.39, 0.29) is 11.6 Å². The summed E-state index contributed by atoms with van der Waals surface area (Å²) in [5.74, 6) is -0.218. The van der Waals surface area contributed by atoms with Crippen molar-refractivity contribution in [3.63, 3.8) is 0 Å². The van der Waals surface area contributed by atoms with E-state index in [0.29, 0.717) is 44.6 Å². The van der Waals surface area contributed by atoms with Gasteiger partial charge in [0.05, 0.1) is 10.5 Å². The van der Waals surface area contributed by atoms with E-state index >= 15 is 0 Å². The molecule has 0 radical (unpaired) electrons. The van der Waals surface area contributed by atoms with Crippen LogP contribution >= 0.6 is 0 Å². The van der Waals surface area contributed by atoms with Gasteiger partial charge in [0.25, 0.3) is 5.69 Å². The molecular weight excluding hydrogens is 274 g/mol. The second-order valence-electron chi connectivity index (χ2n) is 5.16. The zero-order chi connectivity index (χ0) is 15.3. The summed E-state index contributed by atoms with van der Waals surface area (Å²) < 4.78 is 5.20. The maximum Gasteiger partial charge on any atom is 0.272 e. The van der Waals surface area contributed by atoms with E-state index < -0.39 is 10.5 Å². The molecular formula is C14H19N3O4. The van der Waals surface area contributed by atoms with Crippen molar-refractivity contribution in [1.82, 2.24) is 5.32 Å². The highest BCUT2D eigenvalue weighted by Gasteiger charge is 2.35. The minimum atomic E-state index is -0.888. The van der Waals surface area contributed by atoms with Crippen molar-refractivity contribution in [3.8, 4) is 0 Å². The van der Waals surface area contributed by atoms with Crippen LogP contribution in [0.4, 0.5) is 5.69 Å². The molecule has 1 heterocycles. The van der Waals surface area contributed by atoms with Crippen molar-refractivity contribution in [2.75, 3.05) is 19.8 Å². The van der Waals surface area contributed by atoms with Crippen LogP contribution in [0, 0.1) is 10.1 Å². The van der Waals surface area contributed by atoms with Gasteiger partial charge >= 0.3 is 0 Å². The number of nitrogens with two attached hydrogens (primary N) is 1. The van der Waals surface area contributed by atoms with Gasteiger partial charge in [-0.2, -0.15) is 0 Å². The lowest BCUT2D eigenvalue weighted by Crippen LogP contribution is -2.57. The van der Waals surface area contributed by atoms with E-state index in [4.69, 9.17) is 10.5 Å². The molecule has 1 aliphatic rings. The number of hydrogen-bond acceptors (Lipinski definition) is 5. The van der Waals surface area contributed by atoms with Crippen LogP contribution in [-0.4, -0.2) is 36.1 Å². The SMILES string of the molecule is NC1(C(=O)NCCc2ccccc2[N+](=O)[O-])CCOCC1. The number of amides is 1. The molecule has 0 atom stereocenters. The van der Waals surface area contributed by atoms with E-state index in [2.05, 4.69) is 5.32 Å². The number of nitrogens with one attached hydrogen (secondary N) is 1. The molecule has 2 rings (SSSR count). The van der Waals surface area contributed by atoms with Crippen molar-refractivity contribution in [2.24, 2.45) is 5.73 Å². The molecule has 1 aliphatic heterocycles. The van der Waals surface area contributed by atoms with Gasteiger partial charge in [-0.15, -0.1) is 0 Å². The lowest BCUT2D eigenvalue weighted by Gasteiger charge is -2.31.